The van der Waals surface area contributed by atoms with Crippen molar-refractivity contribution < 1.29 is 9.53 Å². The molecule has 2 nitrogen and oxygen atoms in total. The molecule has 11 heavy (non-hydrogen) atoms. The Balaban J connectivity index is 3.18. The third-order valence-corrected chi connectivity index (χ3v) is 3.55. The van der Waals surface area contributed by atoms with Crippen LogP contribution in [-0.4, -0.2) is 18.3 Å². The molecular formula is C6H13O2PS2. The van der Waals surface area contributed by atoms with Crippen LogP contribution in [0.2, 0.25) is 0 Å². The lowest BCUT2D eigenvalue weighted by atomic mass is 10.2. The molecule has 0 fully saturated rings. The van der Waals surface area contributed by atoms with Crippen molar-refractivity contribution in [1.29, 1.82) is 0 Å². The Morgan fingerprint density at radius 1 is 1.64 bits per heavy atom. The smallest absolute Gasteiger partial charge is 0.308 e. The van der Waals surface area contributed by atoms with Crippen LogP contribution in [0.3, 0.4) is 0 Å². The summed E-state index contributed by atoms with van der Waals surface area (Å²) < 4.78 is 4.92. The molecule has 0 saturated heterocycles. The van der Waals surface area contributed by atoms with Gasteiger partial charge in [0.2, 0.25) is 0 Å². The van der Waals surface area contributed by atoms with E-state index in [0.29, 0.717) is 6.61 Å². The van der Waals surface area contributed by atoms with Crippen LogP contribution < -0.4 is 0 Å². The van der Waals surface area contributed by atoms with Crippen molar-refractivity contribution in [3.8, 4) is 0 Å². The zero-order chi connectivity index (χ0) is 8.69. The van der Waals surface area contributed by atoms with Crippen molar-refractivity contribution in [2.45, 2.75) is 13.8 Å². The summed E-state index contributed by atoms with van der Waals surface area (Å²) in [6, 6.07) is 0. The maximum absolute atomic E-state index is 10.9. The molecule has 0 aromatic rings. The van der Waals surface area contributed by atoms with Gasteiger partial charge in [0, 0.05) is 5.75 Å². The minimum absolute atomic E-state index is 0.0105. The highest BCUT2D eigenvalue weighted by Crippen LogP contribution is 2.27. The van der Waals surface area contributed by atoms with Crippen LogP contribution in [-0.2, 0) is 9.53 Å². The average Bonchev–Trinajstić information content (AvgIpc) is 1.97. The van der Waals surface area contributed by atoms with Crippen molar-refractivity contribution in [2.24, 2.45) is 5.92 Å². The zero-order valence-corrected chi connectivity index (χ0v) is 9.49. The second kappa shape index (κ2) is 7.26. The predicted molar refractivity (Wildman–Crippen MR) is 55.6 cm³/mol. The van der Waals surface area contributed by atoms with Crippen molar-refractivity contribution >= 4 is 35.6 Å². The standard InChI is InChI=1S/C6H13O2PS2/c1-5(2)6(7)8-3-4-10-11-9/h5H,3-4,9H2,1-2H3. The van der Waals surface area contributed by atoms with Gasteiger partial charge in [-0.15, -0.1) is 0 Å². The molecule has 0 aliphatic heterocycles. The van der Waals surface area contributed by atoms with Gasteiger partial charge in [-0.2, -0.15) is 0 Å². The van der Waals surface area contributed by atoms with E-state index in [0.717, 1.165) is 5.75 Å². The number of hydrogen-bond donors (Lipinski definition) is 0. The van der Waals surface area contributed by atoms with Gasteiger partial charge in [0.05, 0.1) is 5.92 Å². The van der Waals surface area contributed by atoms with E-state index in [1.54, 1.807) is 21.2 Å². The molecule has 0 spiro atoms. The Kier molecular flexibility index (Phi) is 7.66. The first-order valence-electron chi connectivity index (χ1n) is 3.33. The highest BCUT2D eigenvalue weighted by Gasteiger charge is 2.06. The Morgan fingerprint density at radius 3 is 2.73 bits per heavy atom. The molecule has 66 valence electrons. The fraction of sp³-hybridized carbons (Fsp3) is 0.833. The van der Waals surface area contributed by atoms with E-state index in [4.69, 9.17) is 4.74 Å². The van der Waals surface area contributed by atoms with Gasteiger partial charge < -0.3 is 4.74 Å². The molecule has 0 aromatic carbocycles. The number of carbonyl (C=O) groups excluding carboxylic acids is 1. The fourth-order valence-electron chi connectivity index (χ4n) is 0.391. The summed E-state index contributed by atoms with van der Waals surface area (Å²) in [7, 11) is 5.80. The van der Waals surface area contributed by atoms with Crippen LogP contribution in [0.25, 0.3) is 0 Å². The summed E-state index contributed by atoms with van der Waals surface area (Å²) >= 11 is 0. The van der Waals surface area contributed by atoms with E-state index in [-0.39, 0.29) is 11.9 Å². The SMILES string of the molecule is CC(C)C(=O)OCCSSP. The number of esters is 1. The molecule has 0 N–H and O–H groups in total. The minimum atomic E-state index is -0.112. The summed E-state index contributed by atoms with van der Waals surface area (Å²) in [5.41, 5.74) is 0. The van der Waals surface area contributed by atoms with Crippen molar-refractivity contribution in [1.82, 2.24) is 0 Å². The summed E-state index contributed by atoms with van der Waals surface area (Å²) in [6.07, 6.45) is 0. The van der Waals surface area contributed by atoms with E-state index in [9.17, 15) is 4.79 Å². The van der Waals surface area contributed by atoms with Gasteiger partial charge in [0.1, 0.15) is 6.61 Å². The first-order chi connectivity index (χ1) is 5.18. The molecule has 0 radical (unpaired) electrons. The van der Waals surface area contributed by atoms with Gasteiger partial charge in [-0.25, -0.2) is 0 Å². The molecule has 0 saturated carbocycles. The van der Waals surface area contributed by atoms with Crippen LogP contribution in [0.1, 0.15) is 13.8 Å². The Labute approximate surface area is 77.6 Å². The molecule has 0 aliphatic rings. The molecule has 0 aliphatic carbocycles. The molecule has 0 amide bonds. The maximum Gasteiger partial charge on any atom is 0.308 e. The summed E-state index contributed by atoms with van der Waals surface area (Å²) in [5.74, 6) is 0.732. The second-order valence-corrected chi connectivity index (χ2v) is 6.09. The van der Waals surface area contributed by atoms with Gasteiger partial charge in [0.25, 0.3) is 0 Å². The highest BCUT2D eigenvalue weighted by atomic mass is 33.3. The number of ether oxygens (including phenoxy) is 1. The van der Waals surface area contributed by atoms with E-state index in [1.807, 2.05) is 13.8 Å². The summed E-state index contributed by atoms with van der Waals surface area (Å²) in [5, 5.41) is 0. The average molecular weight is 212 g/mol. The molecular weight excluding hydrogens is 199 g/mol. The topological polar surface area (TPSA) is 26.3 Å². The highest BCUT2D eigenvalue weighted by molar-refractivity contribution is 8.94. The molecule has 1 atom stereocenters. The van der Waals surface area contributed by atoms with Gasteiger partial charge in [-0.05, 0) is 0 Å². The maximum atomic E-state index is 10.9. The minimum Gasteiger partial charge on any atom is -0.465 e. The Hall–Kier alpha value is 0.600. The monoisotopic (exact) mass is 212 g/mol. The van der Waals surface area contributed by atoms with Crippen molar-refractivity contribution in [3.05, 3.63) is 0 Å². The van der Waals surface area contributed by atoms with Crippen LogP contribution in [0.5, 0.6) is 0 Å². The van der Waals surface area contributed by atoms with E-state index in [1.165, 1.54) is 0 Å². The van der Waals surface area contributed by atoms with Gasteiger partial charge >= 0.3 is 5.97 Å². The normalized spacial score (nSPS) is 10.2. The van der Waals surface area contributed by atoms with Crippen LogP contribution in [0, 0.1) is 5.92 Å². The third-order valence-electron chi connectivity index (χ3n) is 0.950. The van der Waals surface area contributed by atoms with E-state index in [2.05, 4.69) is 8.44 Å². The molecule has 0 rings (SSSR count). The summed E-state index contributed by atoms with van der Waals surface area (Å²) in [4.78, 5) is 10.9. The first-order valence-corrected chi connectivity index (χ1v) is 7.13. The predicted octanol–water partition coefficient (Wildman–Crippen LogP) is 2.36. The molecule has 5 heteroatoms. The lowest BCUT2D eigenvalue weighted by Gasteiger charge is -2.05. The number of hydrogen-bond acceptors (Lipinski definition) is 4. The molecule has 0 bridgehead atoms. The van der Waals surface area contributed by atoms with Gasteiger partial charge in [-0.3, -0.25) is 4.79 Å². The molecule has 0 heterocycles. The van der Waals surface area contributed by atoms with Crippen molar-refractivity contribution in [3.63, 3.8) is 0 Å². The number of rotatable bonds is 5. The van der Waals surface area contributed by atoms with Gasteiger partial charge in [-0.1, -0.05) is 43.5 Å². The summed E-state index contributed by atoms with van der Waals surface area (Å²) in [6.45, 7) is 4.18. The Morgan fingerprint density at radius 2 is 2.27 bits per heavy atom. The molecule has 1 unspecified atom stereocenters. The first kappa shape index (κ1) is 11.6. The number of carbonyl (C=O) groups is 1. The van der Waals surface area contributed by atoms with E-state index < -0.39 is 0 Å². The van der Waals surface area contributed by atoms with E-state index >= 15 is 0 Å². The largest absolute Gasteiger partial charge is 0.465 e. The van der Waals surface area contributed by atoms with Crippen LogP contribution in [0.4, 0.5) is 0 Å². The van der Waals surface area contributed by atoms with Crippen LogP contribution in [0.15, 0.2) is 0 Å². The molecule has 0 aromatic heterocycles. The van der Waals surface area contributed by atoms with Crippen LogP contribution >= 0.6 is 29.6 Å². The lowest BCUT2D eigenvalue weighted by molar-refractivity contribution is -0.146. The quantitative estimate of drug-likeness (QED) is 0.302. The van der Waals surface area contributed by atoms with Gasteiger partial charge in [0.15, 0.2) is 0 Å². The Bertz CT molecular complexity index is 119. The fourth-order valence-corrected chi connectivity index (χ4v) is 2.00. The lowest BCUT2D eigenvalue weighted by Crippen LogP contribution is -2.13. The second-order valence-electron chi connectivity index (χ2n) is 2.24. The van der Waals surface area contributed by atoms with Crippen molar-refractivity contribution in [2.75, 3.05) is 12.4 Å². The third kappa shape index (κ3) is 6.98. The zero-order valence-electron chi connectivity index (χ0n) is 6.70.